The topological polar surface area (TPSA) is 80.3 Å². The minimum absolute atomic E-state index is 0.194. The van der Waals surface area contributed by atoms with Crippen LogP contribution in [0.3, 0.4) is 0 Å². The van der Waals surface area contributed by atoms with Crippen molar-refractivity contribution < 1.29 is 24.1 Å². The monoisotopic (exact) mass is 310 g/mol. The van der Waals surface area contributed by atoms with Crippen molar-refractivity contribution in [3.8, 4) is 11.5 Å². The molecule has 0 aromatic heterocycles. The van der Waals surface area contributed by atoms with Crippen molar-refractivity contribution in [1.82, 2.24) is 10.2 Å². The fourth-order valence-corrected chi connectivity index (χ4v) is 2.15. The summed E-state index contributed by atoms with van der Waals surface area (Å²) in [5, 5.41) is 12.4. The van der Waals surface area contributed by atoms with E-state index in [1.165, 1.54) is 12.0 Å². The number of benzene rings is 1. The molecule has 1 aliphatic heterocycles. The van der Waals surface area contributed by atoms with Crippen molar-refractivity contribution in [3.05, 3.63) is 23.8 Å². The number of urea groups is 1. The third-order valence-corrected chi connectivity index (χ3v) is 3.24. The number of rotatable bonds is 6. The molecule has 0 radical (unpaired) electrons. The number of aliphatic hydroxyl groups is 1. The Balaban J connectivity index is 1.83. The quantitative estimate of drug-likeness (QED) is 0.804. The molecule has 0 bridgehead atoms. The molecule has 122 valence electrons. The van der Waals surface area contributed by atoms with E-state index in [-0.39, 0.29) is 19.2 Å². The number of fused-ring (bicyclic) bond motifs is 1. The van der Waals surface area contributed by atoms with Gasteiger partial charge in [-0.2, -0.15) is 0 Å². The average molecular weight is 310 g/mol. The maximum absolute atomic E-state index is 12.0. The summed E-state index contributed by atoms with van der Waals surface area (Å²) in [4.78, 5) is 13.4. The molecular formula is C15H22N2O5. The summed E-state index contributed by atoms with van der Waals surface area (Å²) in [5.74, 6) is 1.42. The van der Waals surface area contributed by atoms with Crippen LogP contribution in [0.1, 0.15) is 5.56 Å². The van der Waals surface area contributed by atoms with Gasteiger partial charge in [-0.25, -0.2) is 4.79 Å². The third kappa shape index (κ3) is 4.51. The smallest absolute Gasteiger partial charge is 0.317 e. The van der Waals surface area contributed by atoms with E-state index in [9.17, 15) is 9.90 Å². The second kappa shape index (κ2) is 7.86. The molecule has 1 heterocycles. The summed E-state index contributed by atoms with van der Waals surface area (Å²) in [5.41, 5.74) is 0.920. The SMILES string of the molecule is COCC(O)CN(C)C(=O)NCc1ccc2c(c1)OCCO2. The highest BCUT2D eigenvalue weighted by atomic mass is 16.6. The maximum atomic E-state index is 12.0. The molecule has 1 atom stereocenters. The lowest BCUT2D eigenvalue weighted by atomic mass is 10.2. The number of carbonyl (C=O) groups excluding carboxylic acids is 1. The molecule has 1 aromatic rings. The van der Waals surface area contributed by atoms with E-state index in [4.69, 9.17) is 14.2 Å². The Morgan fingerprint density at radius 2 is 2.14 bits per heavy atom. The van der Waals surface area contributed by atoms with Gasteiger partial charge in [0.05, 0.1) is 19.3 Å². The number of nitrogens with zero attached hydrogens (tertiary/aromatic N) is 1. The molecule has 0 aliphatic carbocycles. The molecule has 1 aromatic carbocycles. The van der Waals surface area contributed by atoms with Gasteiger partial charge >= 0.3 is 6.03 Å². The zero-order valence-electron chi connectivity index (χ0n) is 12.9. The van der Waals surface area contributed by atoms with E-state index >= 15 is 0 Å². The van der Waals surface area contributed by atoms with Crippen LogP contribution in [0, 0.1) is 0 Å². The largest absolute Gasteiger partial charge is 0.486 e. The van der Waals surface area contributed by atoms with Gasteiger partial charge in [-0.15, -0.1) is 0 Å². The predicted molar refractivity (Wildman–Crippen MR) is 80.2 cm³/mol. The first kappa shape index (κ1) is 16.4. The van der Waals surface area contributed by atoms with Gasteiger partial charge in [-0.1, -0.05) is 6.07 Å². The highest BCUT2D eigenvalue weighted by Gasteiger charge is 2.15. The van der Waals surface area contributed by atoms with Crippen LogP contribution < -0.4 is 14.8 Å². The Morgan fingerprint density at radius 1 is 1.41 bits per heavy atom. The number of aliphatic hydroxyl groups excluding tert-OH is 1. The molecule has 2 N–H and O–H groups in total. The van der Waals surface area contributed by atoms with Crippen LogP contribution in [-0.2, 0) is 11.3 Å². The fraction of sp³-hybridized carbons (Fsp3) is 0.533. The van der Waals surface area contributed by atoms with E-state index in [2.05, 4.69) is 5.32 Å². The Kier molecular flexibility index (Phi) is 5.85. The molecule has 7 heteroatoms. The first-order chi connectivity index (χ1) is 10.6. The van der Waals surface area contributed by atoms with Crippen molar-refractivity contribution in [2.24, 2.45) is 0 Å². The highest BCUT2D eigenvalue weighted by Crippen LogP contribution is 2.30. The van der Waals surface area contributed by atoms with Crippen LogP contribution >= 0.6 is 0 Å². The summed E-state index contributed by atoms with van der Waals surface area (Å²) < 4.78 is 15.8. The van der Waals surface area contributed by atoms with Crippen LogP contribution in [0.15, 0.2) is 18.2 Å². The molecule has 0 fully saturated rings. The standard InChI is InChI=1S/C15H22N2O5/c1-17(9-12(18)10-20-2)15(19)16-8-11-3-4-13-14(7-11)22-6-5-21-13/h3-4,7,12,18H,5-6,8-10H2,1-2H3,(H,16,19). The van der Waals surface area contributed by atoms with E-state index < -0.39 is 6.10 Å². The van der Waals surface area contributed by atoms with Crippen LogP contribution in [0.5, 0.6) is 11.5 Å². The van der Waals surface area contributed by atoms with Gasteiger partial charge in [-0.05, 0) is 17.7 Å². The van der Waals surface area contributed by atoms with Crippen molar-refractivity contribution in [1.29, 1.82) is 0 Å². The molecule has 2 amide bonds. The van der Waals surface area contributed by atoms with Gasteiger partial charge in [-0.3, -0.25) is 0 Å². The summed E-state index contributed by atoms with van der Waals surface area (Å²) in [6.07, 6.45) is -0.699. The molecular weight excluding hydrogens is 288 g/mol. The first-order valence-electron chi connectivity index (χ1n) is 7.14. The van der Waals surface area contributed by atoms with Crippen molar-refractivity contribution in [2.75, 3.05) is 40.5 Å². The number of ether oxygens (including phenoxy) is 3. The number of carbonyl (C=O) groups is 1. The lowest BCUT2D eigenvalue weighted by Crippen LogP contribution is -2.42. The van der Waals surface area contributed by atoms with Gasteiger partial charge in [0.1, 0.15) is 13.2 Å². The molecule has 7 nitrogen and oxygen atoms in total. The molecule has 2 rings (SSSR count). The number of amides is 2. The molecule has 1 unspecified atom stereocenters. The van der Waals surface area contributed by atoms with Gasteiger partial charge in [0.15, 0.2) is 11.5 Å². The van der Waals surface area contributed by atoms with Crippen molar-refractivity contribution >= 4 is 6.03 Å². The summed E-state index contributed by atoms with van der Waals surface area (Å²) in [7, 11) is 3.13. The van der Waals surface area contributed by atoms with Gasteiger partial charge in [0.25, 0.3) is 0 Å². The predicted octanol–water partition coefficient (Wildman–Crippen LogP) is 0.606. The van der Waals surface area contributed by atoms with Crippen LogP contribution in [0.25, 0.3) is 0 Å². The Labute approximate surface area is 129 Å². The molecule has 0 saturated heterocycles. The number of methoxy groups -OCH3 is 1. The normalized spacial score (nSPS) is 14.3. The number of nitrogens with one attached hydrogen (secondary N) is 1. The van der Waals surface area contributed by atoms with Crippen molar-refractivity contribution in [3.63, 3.8) is 0 Å². The van der Waals surface area contributed by atoms with E-state index in [0.29, 0.717) is 25.5 Å². The highest BCUT2D eigenvalue weighted by molar-refractivity contribution is 5.73. The van der Waals surface area contributed by atoms with E-state index in [0.717, 1.165) is 11.3 Å². The number of likely N-dealkylation sites (N-methyl/N-ethyl adjacent to an activating group) is 1. The van der Waals surface area contributed by atoms with Crippen LogP contribution in [0.2, 0.25) is 0 Å². The lowest BCUT2D eigenvalue weighted by molar-refractivity contribution is 0.0489. The van der Waals surface area contributed by atoms with E-state index in [1.54, 1.807) is 7.05 Å². The zero-order valence-corrected chi connectivity index (χ0v) is 12.9. The minimum Gasteiger partial charge on any atom is -0.486 e. The number of hydrogen-bond donors (Lipinski definition) is 2. The average Bonchev–Trinajstić information content (AvgIpc) is 2.52. The van der Waals surface area contributed by atoms with Crippen molar-refractivity contribution in [2.45, 2.75) is 12.6 Å². The van der Waals surface area contributed by atoms with Gasteiger partial charge in [0, 0.05) is 20.7 Å². The lowest BCUT2D eigenvalue weighted by Gasteiger charge is -2.21. The zero-order chi connectivity index (χ0) is 15.9. The second-order valence-electron chi connectivity index (χ2n) is 5.13. The summed E-state index contributed by atoms with van der Waals surface area (Å²) in [6.45, 7) is 1.86. The summed E-state index contributed by atoms with van der Waals surface area (Å²) in [6, 6.07) is 5.31. The summed E-state index contributed by atoms with van der Waals surface area (Å²) >= 11 is 0. The molecule has 0 saturated carbocycles. The number of hydrogen-bond acceptors (Lipinski definition) is 5. The van der Waals surface area contributed by atoms with Crippen LogP contribution in [-0.4, -0.2) is 62.7 Å². The maximum Gasteiger partial charge on any atom is 0.317 e. The fourth-order valence-electron chi connectivity index (χ4n) is 2.15. The first-order valence-corrected chi connectivity index (χ1v) is 7.14. The van der Waals surface area contributed by atoms with E-state index in [1.807, 2.05) is 18.2 Å². The minimum atomic E-state index is -0.699. The molecule has 1 aliphatic rings. The third-order valence-electron chi connectivity index (χ3n) is 3.24. The molecule has 22 heavy (non-hydrogen) atoms. The Bertz CT molecular complexity index is 509. The molecule has 0 spiro atoms. The van der Waals surface area contributed by atoms with Crippen LogP contribution in [0.4, 0.5) is 4.79 Å². The Hall–Kier alpha value is -1.99. The Morgan fingerprint density at radius 3 is 2.86 bits per heavy atom. The van der Waals surface area contributed by atoms with Gasteiger partial charge < -0.3 is 29.5 Å². The second-order valence-corrected chi connectivity index (χ2v) is 5.13. The van der Waals surface area contributed by atoms with Gasteiger partial charge in [0.2, 0.25) is 0 Å².